The summed E-state index contributed by atoms with van der Waals surface area (Å²) in [6.07, 6.45) is 3.07. The molecular weight excluding hydrogens is 397 g/mol. The second-order valence-electron chi connectivity index (χ2n) is 8.10. The van der Waals surface area contributed by atoms with Crippen LogP contribution in [-0.4, -0.2) is 40.2 Å². The van der Waals surface area contributed by atoms with Crippen molar-refractivity contribution >= 4 is 17.8 Å². The number of amides is 4. The number of unbranched alkanes of at least 4 members (excludes halogenated alkanes) is 2. The Balaban J connectivity index is 1.17. The molecule has 2 aliphatic heterocycles. The fraction of sp³-hybridized carbons (Fsp3) is 0.375. The molecule has 0 saturated carbocycles. The van der Waals surface area contributed by atoms with Gasteiger partial charge < -0.3 is 10.2 Å². The predicted octanol–water partition coefficient (Wildman–Crippen LogP) is 3.39. The molecular formula is C24H26FN3O3. The monoisotopic (exact) mass is 423 g/mol. The molecule has 0 aromatic heterocycles. The maximum Gasteiger partial charge on any atom is 0.327 e. The number of urea groups is 1. The van der Waals surface area contributed by atoms with Crippen LogP contribution < -0.4 is 5.32 Å². The number of hydrogen-bond donors (Lipinski definition) is 1. The number of nitrogens with one attached hydrogen (secondary N) is 1. The number of halogens is 1. The van der Waals surface area contributed by atoms with Crippen LogP contribution in [0.1, 0.15) is 42.4 Å². The summed E-state index contributed by atoms with van der Waals surface area (Å²) in [5, 5.41) is 2.82. The van der Waals surface area contributed by atoms with Gasteiger partial charge in [-0.2, -0.15) is 0 Å². The third-order valence-corrected chi connectivity index (χ3v) is 5.96. The van der Waals surface area contributed by atoms with E-state index in [0.29, 0.717) is 45.3 Å². The normalized spacial score (nSPS) is 17.5. The first kappa shape index (κ1) is 21.0. The number of carbonyl (C=O) groups is 3. The van der Waals surface area contributed by atoms with Gasteiger partial charge in [0.25, 0.3) is 5.91 Å². The Kier molecular flexibility index (Phi) is 6.30. The van der Waals surface area contributed by atoms with Gasteiger partial charge in [-0.3, -0.25) is 14.5 Å². The van der Waals surface area contributed by atoms with Crippen molar-refractivity contribution < 1.29 is 18.8 Å². The molecule has 2 aromatic carbocycles. The summed E-state index contributed by atoms with van der Waals surface area (Å²) in [6.45, 7) is 1.24. The molecule has 162 valence electrons. The summed E-state index contributed by atoms with van der Waals surface area (Å²) in [6, 6.07) is 13.4. The van der Waals surface area contributed by atoms with Crippen LogP contribution in [0.25, 0.3) is 0 Å². The maximum atomic E-state index is 12.9. The van der Waals surface area contributed by atoms with E-state index in [0.717, 1.165) is 23.1 Å². The Morgan fingerprint density at radius 1 is 1.00 bits per heavy atom. The van der Waals surface area contributed by atoms with Crippen molar-refractivity contribution in [1.82, 2.24) is 15.1 Å². The number of benzene rings is 2. The number of hydrogen-bond acceptors (Lipinski definition) is 3. The Bertz CT molecular complexity index is 933. The van der Waals surface area contributed by atoms with Gasteiger partial charge in [0.15, 0.2) is 0 Å². The van der Waals surface area contributed by atoms with Crippen LogP contribution in [0.5, 0.6) is 0 Å². The first-order valence-corrected chi connectivity index (χ1v) is 10.7. The van der Waals surface area contributed by atoms with Crippen LogP contribution in [0, 0.1) is 5.82 Å². The van der Waals surface area contributed by atoms with Crippen LogP contribution in [0.15, 0.2) is 48.5 Å². The number of rotatable bonds is 8. The van der Waals surface area contributed by atoms with E-state index in [9.17, 15) is 18.8 Å². The number of nitrogens with zero attached hydrogens (tertiary/aromatic N) is 2. The Morgan fingerprint density at radius 2 is 1.74 bits per heavy atom. The summed E-state index contributed by atoms with van der Waals surface area (Å²) >= 11 is 0. The van der Waals surface area contributed by atoms with E-state index in [4.69, 9.17) is 0 Å². The zero-order chi connectivity index (χ0) is 21.8. The van der Waals surface area contributed by atoms with Gasteiger partial charge in [0, 0.05) is 32.5 Å². The number of imide groups is 1. The molecule has 0 spiro atoms. The lowest BCUT2D eigenvalue weighted by molar-refractivity contribution is -0.128. The lowest BCUT2D eigenvalue weighted by Gasteiger charge is -2.28. The molecule has 2 aliphatic rings. The molecule has 7 heteroatoms. The van der Waals surface area contributed by atoms with E-state index in [-0.39, 0.29) is 29.7 Å². The summed E-state index contributed by atoms with van der Waals surface area (Å²) in [5.74, 6) is -0.477. The van der Waals surface area contributed by atoms with Crippen molar-refractivity contribution in [2.24, 2.45) is 0 Å². The van der Waals surface area contributed by atoms with E-state index < -0.39 is 0 Å². The molecule has 2 aromatic rings. The van der Waals surface area contributed by atoms with Gasteiger partial charge in [0.2, 0.25) is 5.91 Å². The van der Waals surface area contributed by atoms with Crippen molar-refractivity contribution in [3.8, 4) is 0 Å². The average Bonchev–Trinajstić information content (AvgIpc) is 3.01. The van der Waals surface area contributed by atoms with E-state index in [1.165, 1.54) is 17.0 Å². The molecule has 1 fully saturated rings. The van der Waals surface area contributed by atoms with Crippen LogP contribution in [0.4, 0.5) is 9.18 Å². The summed E-state index contributed by atoms with van der Waals surface area (Å²) in [5.41, 5.74) is 3.09. The van der Waals surface area contributed by atoms with Gasteiger partial charge in [0.05, 0.1) is 0 Å². The Labute approximate surface area is 181 Å². The average molecular weight is 423 g/mol. The van der Waals surface area contributed by atoms with Crippen LogP contribution >= 0.6 is 0 Å². The van der Waals surface area contributed by atoms with Gasteiger partial charge in [-0.1, -0.05) is 42.8 Å². The molecule has 1 N–H and O–H groups in total. The van der Waals surface area contributed by atoms with Gasteiger partial charge in [0.1, 0.15) is 11.9 Å². The van der Waals surface area contributed by atoms with Crippen molar-refractivity contribution in [1.29, 1.82) is 0 Å². The molecule has 6 nitrogen and oxygen atoms in total. The first-order valence-electron chi connectivity index (χ1n) is 10.7. The molecule has 0 radical (unpaired) electrons. The van der Waals surface area contributed by atoms with Gasteiger partial charge >= 0.3 is 6.03 Å². The largest absolute Gasteiger partial charge is 0.352 e. The minimum Gasteiger partial charge on any atom is -0.352 e. The Hall–Kier alpha value is -3.22. The highest BCUT2D eigenvalue weighted by Crippen LogP contribution is 2.30. The topological polar surface area (TPSA) is 69.7 Å². The van der Waals surface area contributed by atoms with Crippen LogP contribution in [0.3, 0.4) is 0 Å². The van der Waals surface area contributed by atoms with E-state index in [1.807, 2.05) is 24.3 Å². The summed E-state index contributed by atoms with van der Waals surface area (Å²) < 4.78 is 12.9. The highest BCUT2D eigenvalue weighted by Gasteiger charge is 2.46. The predicted molar refractivity (Wildman–Crippen MR) is 113 cm³/mol. The first-order chi connectivity index (χ1) is 15.0. The lowest BCUT2D eigenvalue weighted by atomic mass is 9.95. The van der Waals surface area contributed by atoms with Crippen LogP contribution in [0.2, 0.25) is 0 Å². The van der Waals surface area contributed by atoms with Crippen molar-refractivity contribution in [3.05, 3.63) is 71.0 Å². The second kappa shape index (κ2) is 9.29. The fourth-order valence-corrected chi connectivity index (χ4v) is 4.20. The summed E-state index contributed by atoms with van der Waals surface area (Å²) in [7, 11) is 0. The molecule has 0 bridgehead atoms. The molecule has 31 heavy (non-hydrogen) atoms. The van der Waals surface area contributed by atoms with E-state index in [1.54, 1.807) is 17.0 Å². The van der Waals surface area contributed by atoms with E-state index >= 15 is 0 Å². The summed E-state index contributed by atoms with van der Waals surface area (Å²) in [4.78, 5) is 40.5. The minimum atomic E-state index is -0.389. The molecule has 0 aliphatic carbocycles. The third-order valence-electron chi connectivity index (χ3n) is 5.96. The fourth-order valence-electron chi connectivity index (χ4n) is 4.20. The van der Waals surface area contributed by atoms with Gasteiger partial charge in [-0.15, -0.1) is 0 Å². The van der Waals surface area contributed by atoms with Crippen molar-refractivity contribution in [3.63, 3.8) is 0 Å². The van der Waals surface area contributed by atoms with Crippen molar-refractivity contribution in [2.45, 2.75) is 51.2 Å². The molecule has 2 heterocycles. The standard InChI is InChI=1S/C24H26FN3O3/c25-20-11-9-17(10-12-20)15-26-22(29)8-2-1-5-13-27-23(30)21-14-18-6-3-4-7-19(18)16-28(21)24(27)31/h3-4,6-7,9-12,21H,1-2,5,8,13-16H2,(H,26,29). The lowest BCUT2D eigenvalue weighted by Crippen LogP contribution is -2.39. The van der Waals surface area contributed by atoms with E-state index in [2.05, 4.69) is 5.32 Å². The molecule has 1 atom stereocenters. The number of carbonyl (C=O) groups excluding carboxylic acids is 3. The Morgan fingerprint density at radius 3 is 2.52 bits per heavy atom. The molecule has 1 saturated heterocycles. The minimum absolute atomic E-state index is 0.0625. The molecule has 4 amide bonds. The molecule has 1 unspecified atom stereocenters. The maximum absolute atomic E-state index is 12.9. The zero-order valence-corrected chi connectivity index (χ0v) is 17.4. The highest BCUT2D eigenvalue weighted by molar-refractivity contribution is 6.04. The van der Waals surface area contributed by atoms with Crippen molar-refractivity contribution in [2.75, 3.05) is 6.54 Å². The highest BCUT2D eigenvalue weighted by atomic mass is 19.1. The van der Waals surface area contributed by atoms with Gasteiger partial charge in [-0.05, 0) is 41.7 Å². The zero-order valence-electron chi connectivity index (χ0n) is 17.4. The molecule has 4 rings (SSSR count). The van der Waals surface area contributed by atoms with Gasteiger partial charge in [-0.25, -0.2) is 9.18 Å². The second-order valence-corrected chi connectivity index (χ2v) is 8.10. The SMILES string of the molecule is O=C(CCCCCN1C(=O)C2Cc3ccccc3CN2C1=O)NCc1ccc(F)cc1. The van der Waals surface area contributed by atoms with Crippen LogP contribution in [-0.2, 0) is 29.1 Å². The quantitative estimate of drug-likeness (QED) is 0.523. The smallest absolute Gasteiger partial charge is 0.327 e. The number of fused-ring (bicyclic) bond motifs is 2. The third kappa shape index (κ3) is 4.76.